The van der Waals surface area contributed by atoms with Crippen molar-refractivity contribution in [2.45, 2.75) is 46.3 Å². The lowest BCUT2D eigenvalue weighted by Crippen LogP contribution is -2.16. The molecule has 0 heterocycles. The molecule has 2 nitrogen and oxygen atoms in total. The van der Waals surface area contributed by atoms with Crippen molar-refractivity contribution in [1.82, 2.24) is 0 Å². The number of rotatable bonds is 6. The highest BCUT2D eigenvalue weighted by Gasteiger charge is 2.15. The predicted octanol–water partition coefficient (Wildman–Crippen LogP) is 6.91. The minimum Gasteiger partial charge on any atom is -0.493 e. The number of hydrogen-bond acceptors (Lipinski definition) is 2. The molecule has 148 valence electrons. The van der Waals surface area contributed by atoms with Crippen molar-refractivity contribution in [3.05, 3.63) is 64.2 Å². The molecule has 2 rings (SSSR count). The summed E-state index contributed by atoms with van der Waals surface area (Å²) in [5, 5.41) is 0.580. The standard InChI is InChI=1S/C24H29ClO2Si/c1-8-10-20-16-22(21(25)14-17(20)2)27-24-18(3)13-19(15-23(24)26-4)11-9-12-28(5,6)7/h8,13-16H,1,10-11H2,2-7H3. The summed E-state index contributed by atoms with van der Waals surface area (Å²) in [7, 11) is 0.281. The first-order valence-corrected chi connectivity index (χ1v) is 13.3. The second-order valence-corrected chi connectivity index (χ2v) is 13.1. The van der Waals surface area contributed by atoms with Gasteiger partial charge in [0.1, 0.15) is 13.8 Å². The molecule has 4 heteroatoms. The topological polar surface area (TPSA) is 18.5 Å². The highest BCUT2D eigenvalue weighted by molar-refractivity contribution is 6.83. The third-order valence-corrected chi connectivity index (χ3v) is 5.47. The van der Waals surface area contributed by atoms with E-state index in [1.54, 1.807) is 7.11 Å². The number of benzene rings is 2. The first kappa shape index (κ1) is 22.1. The maximum Gasteiger partial charge on any atom is 0.172 e. The molecule has 0 fully saturated rings. The fourth-order valence-corrected chi connectivity index (χ4v) is 3.74. The largest absolute Gasteiger partial charge is 0.493 e. The molecule has 0 saturated heterocycles. The number of allylic oxidation sites excluding steroid dienone is 1. The van der Waals surface area contributed by atoms with Gasteiger partial charge in [0.2, 0.25) is 0 Å². The second kappa shape index (κ2) is 9.36. The molecular weight excluding hydrogens is 384 g/mol. The van der Waals surface area contributed by atoms with E-state index in [4.69, 9.17) is 21.1 Å². The van der Waals surface area contributed by atoms with Gasteiger partial charge in [-0.2, -0.15) is 0 Å². The zero-order valence-corrected chi connectivity index (χ0v) is 19.5. The molecule has 0 bridgehead atoms. The lowest BCUT2D eigenvalue weighted by molar-refractivity contribution is 0.377. The molecule has 0 radical (unpaired) electrons. The Hall–Kier alpha value is -2.15. The molecular formula is C24H29ClO2Si. The molecule has 0 unspecified atom stereocenters. The van der Waals surface area contributed by atoms with Crippen LogP contribution in [0.3, 0.4) is 0 Å². The van der Waals surface area contributed by atoms with E-state index in [-0.39, 0.29) is 0 Å². The van der Waals surface area contributed by atoms with Gasteiger partial charge in [-0.05, 0) is 60.7 Å². The molecule has 28 heavy (non-hydrogen) atoms. The van der Waals surface area contributed by atoms with E-state index < -0.39 is 8.07 Å². The van der Waals surface area contributed by atoms with Crippen molar-refractivity contribution in [1.29, 1.82) is 0 Å². The summed E-state index contributed by atoms with van der Waals surface area (Å²) in [4.78, 5) is 0. The third kappa shape index (κ3) is 5.92. The molecule has 0 atom stereocenters. The van der Waals surface area contributed by atoms with Gasteiger partial charge in [-0.3, -0.25) is 0 Å². The average molecular weight is 413 g/mol. The minimum absolute atomic E-state index is 0.580. The third-order valence-electron chi connectivity index (χ3n) is 4.24. The molecule has 0 aliphatic heterocycles. The fraction of sp³-hybridized carbons (Fsp3) is 0.333. The van der Waals surface area contributed by atoms with Crippen LogP contribution >= 0.6 is 11.6 Å². The molecule has 0 aliphatic carbocycles. The maximum absolute atomic E-state index is 6.44. The Bertz CT molecular complexity index is 930. The fourth-order valence-electron chi connectivity index (χ4n) is 2.87. The number of aryl methyl sites for hydroxylation is 2. The Morgan fingerprint density at radius 1 is 1.07 bits per heavy atom. The van der Waals surface area contributed by atoms with Crippen LogP contribution in [0, 0.1) is 25.3 Å². The summed E-state index contributed by atoms with van der Waals surface area (Å²) in [6.07, 6.45) is 3.35. The molecule has 2 aromatic rings. The van der Waals surface area contributed by atoms with Crippen LogP contribution in [-0.2, 0) is 12.8 Å². The van der Waals surface area contributed by atoms with E-state index in [9.17, 15) is 0 Å². The summed E-state index contributed by atoms with van der Waals surface area (Å²) in [5.41, 5.74) is 7.78. The van der Waals surface area contributed by atoms with Gasteiger partial charge in [-0.25, -0.2) is 0 Å². The molecule has 0 amide bonds. The van der Waals surface area contributed by atoms with Gasteiger partial charge >= 0.3 is 0 Å². The Kier molecular flexibility index (Phi) is 7.40. The van der Waals surface area contributed by atoms with Crippen LogP contribution in [0.2, 0.25) is 24.7 Å². The Morgan fingerprint density at radius 2 is 1.79 bits per heavy atom. The molecule has 0 N–H and O–H groups in total. The normalized spacial score (nSPS) is 10.8. The van der Waals surface area contributed by atoms with Crippen molar-refractivity contribution >= 4 is 19.7 Å². The van der Waals surface area contributed by atoms with E-state index in [1.807, 2.05) is 38.1 Å². The van der Waals surface area contributed by atoms with Crippen LogP contribution in [0.5, 0.6) is 17.2 Å². The van der Waals surface area contributed by atoms with Crippen molar-refractivity contribution in [2.24, 2.45) is 0 Å². The summed E-state index contributed by atoms with van der Waals surface area (Å²) in [6.45, 7) is 14.6. The Labute approximate surface area is 175 Å². The monoisotopic (exact) mass is 412 g/mol. The van der Waals surface area contributed by atoms with Gasteiger partial charge < -0.3 is 9.47 Å². The van der Waals surface area contributed by atoms with Gasteiger partial charge in [0, 0.05) is 6.42 Å². The van der Waals surface area contributed by atoms with E-state index in [0.29, 0.717) is 28.7 Å². The van der Waals surface area contributed by atoms with Crippen LogP contribution in [0.15, 0.2) is 36.9 Å². The lowest BCUT2D eigenvalue weighted by atomic mass is 10.0. The first-order chi connectivity index (χ1) is 13.1. The van der Waals surface area contributed by atoms with Gasteiger partial charge in [0.15, 0.2) is 11.5 Å². The average Bonchev–Trinajstić information content (AvgIpc) is 2.59. The van der Waals surface area contributed by atoms with Crippen LogP contribution in [0.1, 0.15) is 22.3 Å². The summed E-state index contributed by atoms with van der Waals surface area (Å²) in [5.74, 6) is 5.30. The van der Waals surface area contributed by atoms with Crippen molar-refractivity contribution < 1.29 is 9.47 Å². The van der Waals surface area contributed by atoms with E-state index in [2.05, 4.69) is 43.8 Å². The zero-order chi connectivity index (χ0) is 20.9. The summed E-state index contributed by atoms with van der Waals surface area (Å²) >= 11 is 6.44. The Balaban J connectivity index is 2.37. The van der Waals surface area contributed by atoms with Crippen LogP contribution in [-0.4, -0.2) is 15.2 Å². The van der Waals surface area contributed by atoms with E-state index in [0.717, 1.165) is 28.7 Å². The maximum atomic E-state index is 6.44. The highest BCUT2D eigenvalue weighted by Crippen LogP contribution is 2.39. The number of ether oxygens (including phenoxy) is 2. The minimum atomic E-state index is -1.37. The van der Waals surface area contributed by atoms with E-state index >= 15 is 0 Å². The quantitative estimate of drug-likeness (QED) is 0.291. The van der Waals surface area contributed by atoms with E-state index in [1.165, 1.54) is 0 Å². The van der Waals surface area contributed by atoms with Crippen molar-refractivity contribution in [3.63, 3.8) is 0 Å². The summed E-state index contributed by atoms with van der Waals surface area (Å²) in [6, 6.07) is 8.00. The summed E-state index contributed by atoms with van der Waals surface area (Å²) < 4.78 is 11.8. The molecule has 2 aromatic carbocycles. The number of halogens is 1. The smallest absolute Gasteiger partial charge is 0.172 e. The van der Waals surface area contributed by atoms with Gasteiger partial charge in [0.05, 0.1) is 12.1 Å². The Morgan fingerprint density at radius 3 is 2.39 bits per heavy atom. The van der Waals surface area contributed by atoms with Crippen molar-refractivity contribution in [2.75, 3.05) is 7.11 Å². The molecule has 0 spiro atoms. The molecule has 0 saturated carbocycles. The highest BCUT2D eigenvalue weighted by atomic mass is 35.5. The van der Waals surface area contributed by atoms with Gasteiger partial charge in [-0.15, -0.1) is 18.0 Å². The zero-order valence-electron chi connectivity index (χ0n) is 17.7. The molecule has 0 aliphatic rings. The first-order valence-electron chi connectivity index (χ1n) is 9.40. The lowest BCUT2D eigenvalue weighted by Gasteiger charge is -2.17. The molecule has 0 aromatic heterocycles. The van der Waals surface area contributed by atoms with Gasteiger partial charge in [0.25, 0.3) is 0 Å². The van der Waals surface area contributed by atoms with Gasteiger partial charge in [-0.1, -0.05) is 43.4 Å². The van der Waals surface area contributed by atoms with Crippen LogP contribution in [0.25, 0.3) is 0 Å². The number of hydrogen-bond donors (Lipinski definition) is 0. The number of methoxy groups -OCH3 is 1. The predicted molar refractivity (Wildman–Crippen MR) is 123 cm³/mol. The van der Waals surface area contributed by atoms with Crippen LogP contribution in [0.4, 0.5) is 0 Å². The van der Waals surface area contributed by atoms with Crippen molar-refractivity contribution in [3.8, 4) is 28.7 Å². The SMILES string of the molecule is C=CCc1cc(Oc2c(C)cc(CC#C[Si](C)(C)C)cc2OC)c(Cl)cc1C. The second-order valence-electron chi connectivity index (χ2n) is 7.98. The van der Waals surface area contributed by atoms with Crippen LogP contribution < -0.4 is 9.47 Å².